The van der Waals surface area contributed by atoms with E-state index in [1.165, 1.54) is 0 Å². The van der Waals surface area contributed by atoms with Crippen LogP contribution in [0.3, 0.4) is 0 Å². The molecule has 0 amide bonds. The van der Waals surface area contributed by atoms with Crippen LogP contribution in [-0.2, 0) is 11.3 Å². The molecule has 1 atom stereocenters. The highest BCUT2D eigenvalue weighted by molar-refractivity contribution is 7.15. The van der Waals surface area contributed by atoms with Crippen molar-refractivity contribution in [1.29, 1.82) is 0 Å². The molecule has 0 saturated carbocycles. The number of carboxylic acids is 1. The summed E-state index contributed by atoms with van der Waals surface area (Å²) in [5.74, 6) is -0.114. The van der Waals surface area contributed by atoms with Gasteiger partial charge in [0.1, 0.15) is 0 Å². The minimum Gasteiger partial charge on any atom is -0.481 e. The van der Waals surface area contributed by atoms with Crippen LogP contribution in [0, 0.1) is 19.8 Å². The van der Waals surface area contributed by atoms with E-state index in [4.69, 9.17) is 5.11 Å². The van der Waals surface area contributed by atoms with Gasteiger partial charge in [-0.2, -0.15) is 0 Å². The fraction of sp³-hybridized carbons (Fsp3) is 0.583. The lowest BCUT2D eigenvalue weighted by atomic mass is 10.0. The lowest BCUT2D eigenvalue weighted by Gasteiger charge is -2.12. The number of hydrogen-bond acceptors (Lipinski definition) is 6. The second-order valence-corrected chi connectivity index (χ2v) is 5.91. The zero-order valence-corrected chi connectivity index (χ0v) is 12.5. The number of carboxylic acid groups (broad SMARTS) is 1. The Bertz CT molecular complexity index is 607. The normalized spacial score (nSPS) is 12.6. The summed E-state index contributed by atoms with van der Waals surface area (Å²) in [5.41, 5.74) is 0.898. The first-order chi connectivity index (χ1) is 9.51. The molecule has 7 nitrogen and oxygen atoms in total. The van der Waals surface area contributed by atoms with Crippen molar-refractivity contribution in [3.05, 3.63) is 10.7 Å². The van der Waals surface area contributed by atoms with Gasteiger partial charge in [0.25, 0.3) is 0 Å². The van der Waals surface area contributed by atoms with Crippen LogP contribution in [0.2, 0.25) is 0 Å². The van der Waals surface area contributed by atoms with Crippen molar-refractivity contribution in [1.82, 2.24) is 25.2 Å². The molecule has 0 aliphatic heterocycles. The molecule has 0 radical (unpaired) electrons. The number of thiazole rings is 1. The van der Waals surface area contributed by atoms with Gasteiger partial charge in [-0.15, -0.1) is 16.4 Å². The standard InChI is InChI=1S/C12H17N5O2S/c1-4-9(5-10(18)19)6-17-12(14-15-16-17)11-7(2)13-8(3)20-11/h9H,4-6H2,1-3H3,(H,18,19). The van der Waals surface area contributed by atoms with Gasteiger partial charge in [0.15, 0.2) is 5.82 Å². The Morgan fingerprint density at radius 1 is 1.45 bits per heavy atom. The highest BCUT2D eigenvalue weighted by Gasteiger charge is 2.19. The largest absolute Gasteiger partial charge is 0.481 e. The number of aryl methyl sites for hydroxylation is 2. The summed E-state index contributed by atoms with van der Waals surface area (Å²) in [4.78, 5) is 16.2. The van der Waals surface area contributed by atoms with Crippen LogP contribution in [0.5, 0.6) is 0 Å². The Morgan fingerprint density at radius 2 is 2.20 bits per heavy atom. The second kappa shape index (κ2) is 6.08. The van der Waals surface area contributed by atoms with E-state index in [9.17, 15) is 4.79 Å². The second-order valence-electron chi connectivity index (χ2n) is 4.70. The maximum Gasteiger partial charge on any atom is 0.303 e. The molecular formula is C12H17N5O2S. The summed E-state index contributed by atoms with van der Waals surface area (Å²) >= 11 is 1.54. The zero-order valence-electron chi connectivity index (χ0n) is 11.7. The Labute approximate surface area is 120 Å². The molecule has 0 aliphatic rings. The molecule has 2 rings (SSSR count). The zero-order chi connectivity index (χ0) is 14.7. The number of hydrogen-bond donors (Lipinski definition) is 1. The van der Waals surface area contributed by atoms with E-state index in [0.717, 1.165) is 22.0 Å². The van der Waals surface area contributed by atoms with Crippen molar-refractivity contribution in [2.24, 2.45) is 5.92 Å². The summed E-state index contributed by atoms with van der Waals surface area (Å²) < 4.78 is 1.68. The molecule has 2 heterocycles. The predicted octanol–water partition coefficient (Wildman–Crippen LogP) is 1.91. The highest BCUT2D eigenvalue weighted by atomic mass is 32.1. The minimum absolute atomic E-state index is 0.0177. The quantitative estimate of drug-likeness (QED) is 0.875. The van der Waals surface area contributed by atoms with Crippen LogP contribution in [0.15, 0.2) is 0 Å². The van der Waals surface area contributed by atoms with Crippen molar-refractivity contribution >= 4 is 17.3 Å². The van der Waals surface area contributed by atoms with Gasteiger partial charge in [-0.25, -0.2) is 9.67 Å². The van der Waals surface area contributed by atoms with Crippen molar-refractivity contribution in [2.45, 2.75) is 40.2 Å². The number of aromatic nitrogens is 5. The molecule has 1 N–H and O–H groups in total. The maximum absolute atomic E-state index is 10.8. The van der Waals surface area contributed by atoms with E-state index in [-0.39, 0.29) is 12.3 Å². The summed E-state index contributed by atoms with van der Waals surface area (Å²) in [6.45, 7) is 6.34. The van der Waals surface area contributed by atoms with Crippen molar-refractivity contribution in [2.75, 3.05) is 0 Å². The van der Waals surface area contributed by atoms with Gasteiger partial charge in [0, 0.05) is 13.0 Å². The molecule has 0 fully saturated rings. The van der Waals surface area contributed by atoms with Crippen molar-refractivity contribution < 1.29 is 9.90 Å². The van der Waals surface area contributed by atoms with Crippen LogP contribution in [0.4, 0.5) is 0 Å². The number of tetrazole rings is 1. The topological polar surface area (TPSA) is 93.8 Å². The minimum atomic E-state index is -0.795. The average molecular weight is 295 g/mol. The fourth-order valence-electron chi connectivity index (χ4n) is 2.06. The van der Waals surface area contributed by atoms with Crippen LogP contribution in [0.25, 0.3) is 10.7 Å². The summed E-state index contributed by atoms with van der Waals surface area (Å²) in [6, 6.07) is 0. The predicted molar refractivity (Wildman–Crippen MR) is 74.4 cm³/mol. The molecule has 108 valence electrons. The summed E-state index contributed by atoms with van der Waals surface area (Å²) in [7, 11) is 0. The van der Waals surface area contributed by atoms with Crippen LogP contribution in [0.1, 0.15) is 30.5 Å². The lowest BCUT2D eigenvalue weighted by Crippen LogP contribution is -2.16. The lowest BCUT2D eigenvalue weighted by molar-refractivity contribution is -0.138. The molecule has 20 heavy (non-hydrogen) atoms. The van der Waals surface area contributed by atoms with Gasteiger partial charge < -0.3 is 5.11 Å². The molecule has 0 saturated heterocycles. The van der Waals surface area contributed by atoms with Gasteiger partial charge in [-0.3, -0.25) is 4.79 Å². The van der Waals surface area contributed by atoms with E-state index in [1.54, 1.807) is 16.0 Å². The molecular weight excluding hydrogens is 278 g/mol. The number of rotatable bonds is 6. The Hall–Kier alpha value is -1.83. The van der Waals surface area contributed by atoms with E-state index in [0.29, 0.717) is 12.4 Å². The molecule has 0 bridgehead atoms. The highest BCUT2D eigenvalue weighted by Crippen LogP contribution is 2.28. The van der Waals surface area contributed by atoms with E-state index in [2.05, 4.69) is 20.5 Å². The Kier molecular flexibility index (Phi) is 4.43. The third-order valence-corrected chi connectivity index (χ3v) is 4.18. The van der Waals surface area contributed by atoms with Gasteiger partial charge in [0.05, 0.1) is 15.6 Å². The molecule has 0 aliphatic carbocycles. The summed E-state index contributed by atoms with van der Waals surface area (Å²) in [5, 5.41) is 21.6. The molecule has 1 unspecified atom stereocenters. The SMILES string of the molecule is CCC(CC(=O)O)Cn1nnnc1-c1sc(C)nc1C. The van der Waals surface area contributed by atoms with Crippen molar-refractivity contribution in [3.63, 3.8) is 0 Å². The molecule has 0 spiro atoms. The molecule has 0 aromatic carbocycles. The molecule has 2 aromatic heterocycles. The van der Waals surface area contributed by atoms with Crippen LogP contribution < -0.4 is 0 Å². The average Bonchev–Trinajstić information content (AvgIpc) is 2.94. The third kappa shape index (κ3) is 3.19. The maximum atomic E-state index is 10.8. The monoisotopic (exact) mass is 295 g/mol. The smallest absolute Gasteiger partial charge is 0.303 e. The first-order valence-corrected chi connectivity index (χ1v) is 7.25. The molecule has 2 aromatic rings. The number of carbonyl (C=O) groups is 1. The Balaban J connectivity index is 2.24. The van der Waals surface area contributed by atoms with E-state index >= 15 is 0 Å². The number of aliphatic carboxylic acids is 1. The van der Waals surface area contributed by atoms with E-state index in [1.807, 2.05) is 20.8 Å². The van der Waals surface area contributed by atoms with Crippen LogP contribution >= 0.6 is 11.3 Å². The molecule has 8 heteroatoms. The van der Waals surface area contributed by atoms with Crippen molar-refractivity contribution in [3.8, 4) is 10.7 Å². The van der Waals surface area contributed by atoms with Gasteiger partial charge in [-0.05, 0) is 30.2 Å². The van der Waals surface area contributed by atoms with Gasteiger partial charge >= 0.3 is 5.97 Å². The number of nitrogens with zero attached hydrogens (tertiary/aromatic N) is 5. The summed E-state index contributed by atoms with van der Waals surface area (Å²) in [6.07, 6.45) is 0.892. The Morgan fingerprint density at radius 3 is 2.75 bits per heavy atom. The first-order valence-electron chi connectivity index (χ1n) is 6.43. The van der Waals surface area contributed by atoms with Crippen LogP contribution in [-0.4, -0.2) is 36.3 Å². The fourth-order valence-corrected chi connectivity index (χ4v) is 2.97. The van der Waals surface area contributed by atoms with E-state index < -0.39 is 5.97 Å². The van der Waals surface area contributed by atoms with Gasteiger partial charge in [-0.1, -0.05) is 13.3 Å². The third-order valence-electron chi connectivity index (χ3n) is 3.11. The first kappa shape index (κ1) is 14.6. The van der Waals surface area contributed by atoms with Gasteiger partial charge in [0.2, 0.25) is 0 Å².